The average Bonchev–Trinajstić information content (AvgIpc) is 2.29. The van der Waals surface area contributed by atoms with E-state index < -0.39 is 11.4 Å². The maximum absolute atomic E-state index is 11.1. The number of aryl methyl sites for hydroxylation is 1. The number of aliphatic carboxylic acids is 1. The van der Waals surface area contributed by atoms with Gasteiger partial charge in [-0.05, 0) is 49.9 Å². The van der Waals surface area contributed by atoms with E-state index in [1.807, 2.05) is 19.1 Å². The molecule has 0 amide bonds. The van der Waals surface area contributed by atoms with Crippen molar-refractivity contribution >= 4 is 11.7 Å². The topological polar surface area (TPSA) is 72.5 Å². The summed E-state index contributed by atoms with van der Waals surface area (Å²) in [5.74, 6) is 0.118. The Morgan fingerprint density at radius 1 is 1.42 bits per heavy atom. The van der Waals surface area contributed by atoms with Crippen molar-refractivity contribution in [3.8, 4) is 5.75 Å². The Labute approximate surface area is 114 Å². The highest BCUT2D eigenvalue weighted by molar-refractivity contribution is 5.73. The minimum Gasteiger partial charge on any atom is -0.492 e. The van der Waals surface area contributed by atoms with Crippen LogP contribution in [0.1, 0.15) is 44.7 Å². The summed E-state index contributed by atoms with van der Waals surface area (Å²) < 4.78 is 5.72. The first kappa shape index (κ1) is 15.3. The van der Waals surface area contributed by atoms with Crippen molar-refractivity contribution in [1.29, 1.82) is 0 Å². The highest BCUT2D eigenvalue weighted by atomic mass is 16.5. The van der Waals surface area contributed by atoms with Gasteiger partial charge >= 0.3 is 5.97 Å². The summed E-state index contributed by atoms with van der Waals surface area (Å²) in [7, 11) is 0. The molecule has 0 saturated carbocycles. The Hall–Kier alpha value is -1.71. The monoisotopic (exact) mass is 265 g/mol. The normalized spacial score (nSPS) is 11.7. The second-order valence-corrected chi connectivity index (χ2v) is 5.88. The summed E-state index contributed by atoms with van der Waals surface area (Å²) in [6.07, 6.45) is 0. The Morgan fingerprint density at radius 3 is 2.47 bits per heavy atom. The lowest BCUT2D eigenvalue weighted by molar-refractivity contribution is -0.148. The molecule has 1 aromatic rings. The van der Waals surface area contributed by atoms with Gasteiger partial charge in [-0.1, -0.05) is 13.8 Å². The molecule has 0 atom stereocenters. The lowest BCUT2D eigenvalue weighted by Crippen LogP contribution is -2.30. The predicted molar refractivity (Wildman–Crippen MR) is 76.6 cm³/mol. The van der Waals surface area contributed by atoms with Crippen LogP contribution in [0.2, 0.25) is 0 Å². The van der Waals surface area contributed by atoms with Crippen molar-refractivity contribution in [1.82, 2.24) is 0 Å². The zero-order chi connectivity index (χ0) is 14.8. The molecule has 1 rings (SSSR count). The first-order valence-corrected chi connectivity index (χ1v) is 6.41. The third kappa shape index (κ3) is 3.63. The zero-order valence-electron chi connectivity index (χ0n) is 12.3. The average molecular weight is 265 g/mol. The second kappa shape index (κ2) is 5.51. The van der Waals surface area contributed by atoms with Crippen LogP contribution >= 0.6 is 0 Å². The van der Waals surface area contributed by atoms with Crippen LogP contribution in [0.15, 0.2) is 12.1 Å². The van der Waals surface area contributed by atoms with Crippen molar-refractivity contribution in [2.45, 2.75) is 40.5 Å². The number of hydrogen-bond donors (Lipinski definition) is 2. The largest absolute Gasteiger partial charge is 0.492 e. The predicted octanol–water partition coefficient (Wildman–Crippen LogP) is 3.19. The Balaban J connectivity index is 3.01. The molecule has 0 aromatic heterocycles. The number of carboxylic acid groups (broad SMARTS) is 1. The lowest BCUT2D eigenvalue weighted by Gasteiger charge is -2.22. The molecule has 0 unspecified atom stereocenters. The number of anilines is 1. The summed E-state index contributed by atoms with van der Waals surface area (Å²) in [6.45, 7) is 9.45. The zero-order valence-corrected chi connectivity index (χ0v) is 12.3. The van der Waals surface area contributed by atoms with Gasteiger partial charge in [-0.25, -0.2) is 0 Å². The van der Waals surface area contributed by atoms with Crippen molar-refractivity contribution in [2.75, 3.05) is 12.3 Å². The first-order valence-electron chi connectivity index (χ1n) is 6.41. The van der Waals surface area contributed by atoms with Crippen LogP contribution in [0.25, 0.3) is 0 Å². The van der Waals surface area contributed by atoms with Crippen molar-refractivity contribution in [3.05, 3.63) is 23.3 Å². The summed E-state index contributed by atoms with van der Waals surface area (Å²) in [4.78, 5) is 11.1. The molecule has 0 aliphatic carbocycles. The number of ether oxygens (including phenoxy) is 1. The molecule has 3 N–H and O–H groups in total. The molecule has 0 fully saturated rings. The van der Waals surface area contributed by atoms with Gasteiger partial charge < -0.3 is 15.6 Å². The molecule has 106 valence electrons. The van der Waals surface area contributed by atoms with Crippen LogP contribution in [0, 0.1) is 12.3 Å². The number of rotatable bonds is 5. The fourth-order valence-electron chi connectivity index (χ4n) is 1.61. The lowest BCUT2D eigenvalue weighted by atomic mass is 9.95. The molecule has 4 nitrogen and oxygen atoms in total. The van der Waals surface area contributed by atoms with E-state index in [2.05, 4.69) is 13.8 Å². The SMILES string of the molecule is Cc1cc(OCC(C)(C)C(=O)O)c(C(C)C)cc1N. The minimum atomic E-state index is -0.913. The van der Waals surface area contributed by atoms with Gasteiger partial charge in [0.2, 0.25) is 0 Å². The summed E-state index contributed by atoms with van der Waals surface area (Å²) in [5, 5.41) is 9.10. The smallest absolute Gasteiger partial charge is 0.312 e. The molecular formula is C15H23NO3. The van der Waals surface area contributed by atoms with Crippen molar-refractivity contribution in [3.63, 3.8) is 0 Å². The maximum Gasteiger partial charge on any atom is 0.312 e. The van der Waals surface area contributed by atoms with Crippen LogP contribution < -0.4 is 10.5 Å². The highest BCUT2D eigenvalue weighted by Crippen LogP contribution is 2.32. The molecule has 0 bridgehead atoms. The van der Waals surface area contributed by atoms with E-state index in [0.717, 1.165) is 22.6 Å². The van der Waals surface area contributed by atoms with E-state index in [-0.39, 0.29) is 12.5 Å². The number of nitrogen functional groups attached to an aromatic ring is 1. The summed E-state index contributed by atoms with van der Waals surface area (Å²) in [5.41, 5.74) is 7.67. The molecule has 19 heavy (non-hydrogen) atoms. The first-order chi connectivity index (χ1) is 8.65. The Bertz CT molecular complexity index is 479. The third-order valence-electron chi connectivity index (χ3n) is 3.19. The minimum absolute atomic E-state index is 0.130. The van der Waals surface area contributed by atoms with Crippen LogP contribution in [-0.2, 0) is 4.79 Å². The van der Waals surface area contributed by atoms with E-state index in [4.69, 9.17) is 15.6 Å². The standard InChI is InChI=1S/C15H23NO3/c1-9(2)11-7-12(16)10(3)6-13(11)19-8-15(4,5)14(17)18/h6-7,9H,8,16H2,1-5H3,(H,17,18). The van der Waals surface area contributed by atoms with E-state index in [0.29, 0.717) is 0 Å². The van der Waals surface area contributed by atoms with E-state index in [1.54, 1.807) is 13.8 Å². The maximum atomic E-state index is 11.1. The van der Waals surface area contributed by atoms with Gasteiger partial charge in [0.1, 0.15) is 12.4 Å². The number of nitrogens with two attached hydrogens (primary N) is 1. The Morgan fingerprint density at radius 2 is 2.00 bits per heavy atom. The number of benzene rings is 1. The molecule has 0 spiro atoms. The highest BCUT2D eigenvalue weighted by Gasteiger charge is 2.28. The quantitative estimate of drug-likeness (QED) is 0.802. The van der Waals surface area contributed by atoms with Gasteiger partial charge in [-0.15, -0.1) is 0 Å². The third-order valence-corrected chi connectivity index (χ3v) is 3.19. The van der Waals surface area contributed by atoms with E-state index >= 15 is 0 Å². The second-order valence-electron chi connectivity index (χ2n) is 5.88. The van der Waals surface area contributed by atoms with Gasteiger partial charge in [-0.3, -0.25) is 4.79 Å². The van der Waals surface area contributed by atoms with Crippen molar-refractivity contribution in [2.24, 2.45) is 5.41 Å². The fourth-order valence-corrected chi connectivity index (χ4v) is 1.61. The van der Waals surface area contributed by atoms with Gasteiger partial charge in [-0.2, -0.15) is 0 Å². The van der Waals surface area contributed by atoms with Gasteiger partial charge in [0.05, 0.1) is 5.41 Å². The van der Waals surface area contributed by atoms with Crippen LogP contribution in [-0.4, -0.2) is 17.7 Å². The van der Waals surface area contributed by atoms with Gasteiger partial charge in [0.25, 0.3) is 0 Å². The van der Waals surface area contributed by atoms with E-state index in [1.165, 1.54) is 0 Å². The molecule has 0 heterocycles. The molecule has 0 radical (unpaired) electrons. The molecule has 0 aliphatic heterocycles. The van der Waals surface area contributed by atoms with E-state index in [9.17, 15) is 4.79 Å². The van der Waals surface area contributed by atoms with Gasteiger partial charge in [0.15, 0.2) is 0 Å². The number of carboxylic acids is 1. The number of hydrogen-bond acceptors (Lipinski definition) is 3. The van der Waals surface area contributed by atoms with Crippen LogP contribution in [0.3, 0.4) is 0 Å². The van der Waals surface area contributed by atoms with Crippen molar-refractivity contribution < 1.29 is 14.6 Å². The Kier molecular flexibility index (Phi) is 4.45. The summed E-state index contributed by atoms with van der Waals surface area (Å²) in [6, 6.07) is 3.78. The molecule has 0 aliphatic rings. The van der Waals surface area contributed by atoms with Crippen LogP contribution in [0.4, 0.5) is 5.69 Å². The number of carbonyl (C=O) groups is 1. The summed E-state index contributed by atoms with van der Waals surface area (Å²) >= 11 is 0. The molecule has 1 aromatic carbocycles. The fraction of sp³-hybridized carbons (Fsp3) is 0.533. The van der Waals surface area contributed by atoms with Gasteiger partial charge in [0, 0.05) is 5.69 Å². The van der Waals surface area contributed by atoms with Crippen LogP contribution in [0.5, 0.6) is 5.75 Å². The molecule has 0 saturated heterocycles. The molecule has 4 heteroatoms. The molecular weight excluding hydrogens is 242 g/mol.